The van der Waals surface area contributed by atoms with Crippen LogP contribution in [0.2, 0.25) is 0 Å². The Hall–Kier alpha value is -1.02. The molecule has 0 saturated carbocycles. The molecule has 0 spiro atoms. The number of rotatable bonds is 2. The maximum Gasteiger partial charge on any atom is 0.0343 e. The Morgan fingerprint density at radius 3 is 2.44 bits per heavy atom. The Balaban J connectivity index is 1.99. The van der Waals surface area contributed by atoms with Crippen molar-refractivity contribution >= 4 is 5.69 Å². The summed E-state index contributed by atoms with van der Waals surface area (Å²) in [5.74, 6) is 0. The van der Waals surface area contributed by atoms with Crippen molar-refractivity contribution in [2.45, 2.75) is 39.2 Å². The summed E-state index contributed by atoms with van der Waals surface area (Å²) in [7, 11) is 0. The molecule has 0 radical (unpaired) electrons. The van der Waals surface area contributed by atoms with E-state index in [0.29, 0.717) is 0 Å². The Labute approximate surface area is 98.4 Å². The fraction of sp³-hybridized carbons (Fsp3) is 0.571. The Kier molecular flexibility index (Phi) is 3.83. The normalized spacial score (nSPS) is 18.3. The lowest BCUT2D eigenvalue weighted by atomic mass is 10.1. The Morgan fingerprint density at radius 2 is 1.81 bits per heavy atom. The third-order valence-electron chi connectivity index (χ3n) is 3.44. The molecule has 2 N–H and O–H groups in total. The van der Waals surface area contributed by atoms with Gasteiger partial charge >= 0.3 is 0 Å². The van der Waals surface area contributed by atoms with Gasteiger partial charge in [-0.3, -0.25) is 4.90 Å². The average Bonchev–Trinajstić information content (AvgIpc) is 2.52. The van der Waals surface area contributed by atoms with Gasteiger partial charge in [-0.1, -0.05) is 25.0 Å². The van der Waals surface area contributed by atoms with E-state index in [4.69, 9.17) is 5.73 Å². The van der Waals surface area contributed by atoms with Crippen molar-refractivity contribution in [1.29, 1.82) is 0 Å². The first-order chi connectivity index (χ1) is 7.75. The van der Waals surface area contributed by atoms with Crippen LogP contribution >= 0.6 is 0 Å². The van der Waals surface area contributed by atoms with Crippen molar-refractivity contribution < 1.29 is 0 Å². The number of aryl methyl sites for hydroxylation is 1. The summed E-state index contributed by atoms with van der Waals surface area (Å²) < 4.78 is 0. The van der Waals surface area contributed by atoms with Gasteiger partial charge in [0.2, 0.25) is 0 Å². The number of likely N-dealkylation sites (tertiary alicyclic amines) is 1. The van der Waals surface area contributed by atoms with E-state index >= 15 is 0 Å². The zero-order valence-electron chi connectivity index (χ0n) is 10.2. The molecule has 0 bridgehead atoms. The predicted molar refractivity (Wildman–Crippen MR) is 69.3 cm³/mol. The van der Waals surface area contributed by atoms with E-state index in [1.54, 1.807) is 0 Å². The highest BCUT2D eigenvalue weighted by Crippen LogP contribution is 2.16. The van der Waals surface area contributed by atoms with Gasteiger partial charge in [-0.15, -0.1) is 0 Å². The molecule has 0 amide bonds. The molecule has 2 nitrogen and oxygen atoms in total. The molecule has 1 saturated heterocycles. The fourth-order valence-corrected chi connectivity index (χ4v) is 2.39. The lowest BCUT2D eigenvalue weighted by molar-refractivity contribution is 0.277. The lowest BCUT2D eigenvalue weighted by Gasteiger charge is -2.20. The van der Waals surface area contributed by atoms with E-state index in [0.717, 1.165) is 12.2 Å². The minimum atomic E-state index is 0.902. The third kappa shape index (κ3) is 2.99. The van der Waals surface area contributed by atoms with Crippen LogP contribution in [0.5, 0.6) is 0 Å². The number of hydrogen-bond acceptors (Lipinski definition) is 2. The third-order valence-corrected chi connectivity index (χ3v) is 3.44. The van der Waals surface area contributed by atoms with E-state index in [9.17, 15) is 0 Å². The quantitative estimate of drug-likeness (QED) is 0.773. The van der Waals surface area contributed by atoms with Crippen LogP contribution in [0.4, 0.5) is 5.69 Å². The summed E-state index contributed by atoms with van der Waals surface area (Å²) in [4.78, 5) is 2.57. The highest BCUT2D eigenvalue weighted by atomic mass is 15.1. The van der Waals surface area contributed by atoms with Gasteiger partial charge in [0.25, 0.3) is 0 Å². The van der Waals surface area contributed by atoms with E-state index < -0.39 is 0 Å². The summed E-state index contributed by atoms with van der Waals surface area (Å²) in [6.07, 6.45) is 5.51. The summed E-state index contributed by atoms with van der Waals surface area (Å²) in [6, 6.07) is 6.41. The largest absolute Gasteiger partial charge is 0.399 e. The summed E-state index contributed by atoms with van der Waals surface area (Å²) in [6.45, 7) is 5.68. The van der Waals surface area contributed by atoms with Crippen LogP contribution in [0.1, 0.15) is 36.8 Å². The number of hydrogen-bond donors (Lipinski definition) is 1. The van der Waals surface area contributed by atoms with Crippen LogP contribution in [-0.2, 0) is 6.54 Å². The average molecular weight is 218 g/mol. The molecule has 1 aromatic rings. The van der Waals surface area contributed by atoms with Gasteiger partial charge in [-0.2, -0.15) is 0 Å². The molecular formula is C14H22N2. The zero-order valence-corrected chi connectivity index (χ0v) is 10.2. The second-order valence-electron chi connectivity index (χ2n) is 4.88. The van der Waals surface area contributed by atoms with Crippen molar-refractivity contribution in [2.75, 3.05) is 18.8 Å². The SMILES string of the molecule is Cc1cc(CN2CCCCCC2)ccc1N. The van der Waals surface area contributed by atoms with Crippen LogP contribution in [-0.4, -0.2) is 18.0 Å². The summed E-state index contributed by atoms with van der Waals surface area (Å²) >= 11 is 0. The highest BCUT2D eigenvalue weighted by molar-refractivity contribution is 5.47. The molecule has 0 atom stereocenters. The van der Waals surface area contributed by atoms with E-state index in [2.05, 4.69) is 24.0 Å². The van der Waals surface area contributed by atoms with Crippen molar-refractivity contribution in [3.63, 3.8) is 0 Å². The van der Waals surface area contributed by atoms with Gasteiger partial charge < -0.3 is 5.73 Å². The van der Waals surface area contributed by atoms with Gasteiger partial charge in [-0.25, -0.2) is 0 Å². The van der Waals surface area contributed by atoms with Crippen LogP contribution in [0.25, 0.3) is 0 Å². The number of nitrogens with zero attached hydrogens (tertiary/aromatic N) is 1. The van der Waals surface area contributed by atoms with E-state index in [1.807, 2.05) is 6.07 Å². The first-order valence-electron chi connectivity index (χ1n) is 6.33. The molecule has 2 rings (SSSR count). The van der Waals surface area contributed by atoms with Crippen LogP contribution in [0.15, 0.2) is 18.2 Å². The molecule has 1 fully saturated rings. The maximum absolute atomic E-state index is 5.83. The van der Waals surface area contributed by atoms with Crippen LogP contribution in [0.3, 0.4) is 0 Å². The van der Waals surface area contributed by atoms with Gasteiger partial charge in [0.15, 0.2) is 0 Å². The lowest BCUT2D eigenvalue weighted by Crippen LogP contribution is -2.23. The minimum Gasteiger partial charge on any atom is -0.399 e. The molecule has 1 heterocycles. The second kappa shape index (κ2) is 5.35. The Bertz CT molecular complexity index is 339. The van der Waals surface area contributed by atoms with Crippen molar-refractivity contribution in [1.82, 2.24) is 4.90 Å². The molecule has 1 aliphatic rings. The molecular weight excluding hydrogens is 196 g/mol. The number of benzene rings is 1. The van der Waals surface area contributed by atoms with Gasteiger partial charge in [0.05, 0.1) is 0 Å². The molecule has 1 aliphatic heterocycles. The summed E-state index contributed by atoms with van der Waals surface area (Å²) in [5.41, 5.74) is 9.33. The standard InChI is InChI=1S/C14H22N2/c1-12-10-13(6-7-14(12)15)11-16-8-4-2-3-5-9-16/h6-7,10H,2-5,8-9,11,15H2,1H3. The topological polar surface area (TPSA) is 29.3 Å². The molecule has 0 unspecified atom stereocenters. The van der Waals surface area contributed by atoms with Gasteiger partial charge in [0, 0.05) is 12.2 Å². The number of nitrogen functional groups attached to an aromatic ring is 1. The molecule has 2 heteroatoms. The summed E-state index contributed by atoms with van der Waals surface area (Å²) in [5, 5.41) is 0. The molecule has 88 valence electrons. The monoisotopic (exact) mass is 218 g/mol. The van der Waals surface area contributed by atoms with Crippen LogP contribution < -0.4 is 5.73 Å². The smallest absolute Gasteiger partial charge is 0.0343 e. The van der Waals surface area contributed by atoms with Gasteiger partial charge in [-0.05, 0) is 50.0 Å². The molecule has 16 heavy (non-hydrogen) atoms. The number of nitrogens with two attached hydrogens (primary N) is 1. The first kappa shape index (κ1) is 11.5. The molecule has 0 aromatic heterocycles. The number of anilines is 1. The first-order valence-corrected chi connectivity index (χ1v) is 6.33. The molecule has 0 aliphatic carbocycles. The van der Waals surface area contributed by atoms with Crippen molar-refractivity contribution in [3.8, 4) is 0 Å². The maximum atomic E-state index is 5.83. The van der Waals surface area contributed by atoms with E-state index in [-0.39, 0.29) is 0 Å². The van der Waals surface area contributed by atoms with Crippen LogP contribution in [0, 0.1) is 6.92 Å². The fourth-order valence-electron chi connectivity index (χ4n) is 2.39. The zero-order chi connectivity index (χ0) is 11.4. The highest BCUT2D eigenvalue weighted by Gasteiger charge is 2.09. The van der Waals surface area contributed by atoms with Gasteiger partial charge in [0.1, 0.15) is 0 Å². The predicted octanol–water partition coefficient (Wildman–Crippen LogP) is 2.95. The van der Waals surface area contributed by atoms with Crippen molar-refractivity contribution in [2.24, 2.45) is 0 Å². The minimum absolute atomic E-state index is 0.902. The van der Waals surface area contributed by atoms with E-state index in [1.165, 1.54) is 49.9 Å². The molecule has 1 aromatic carbocycles. The Morgan fingerprint density at radius 1 is 1.12 bits per heavy atom. The second-order valence-corrected chi connectivity index (χ2v) is 4.88. The van der Waals surface area contributed by atoms with Crippen molar-refractivity contribution in [3.05, 3.63) is 29.3 Å².